The molecule has 36 heavy (non-hydrogen) atoms. The normalized spacial score (nSPS) is 28.8. The second-order valence-corrected chi connectivity index (χ2v) is 10.2. The average molecular weight is 476 g/mol. The molecule has 1 saturated carbocycles. The minimum absolute atomic E-state index is 0.0498. The van der Waals surface area contributed by atoms with Gasteiger partial charge >= 0.3 is 0 Å². The molecule has 0 unspecified atom stereocenters. The van der Waals surface area contributed by atoms with E-state index in [4.69, 9.17) is 0 Å². The monoisotopic (exact) mass is 475 g/mol. The highest BCUT2D eigenvalue weighted by molar-refractivity contribution is 6.29. The standard InChI is InChI=1S/C32H29NO3/c1-3-31-24(22-16-10-6-11-17-22)25(23-18-12-7-13-19-23)32(4-2,30(31)36)27-26(31)28(34)33(29(27)35)20-21-14-8-5-9-15-21/h5-19,26-27H,3-4,20H2,1-2H3/t26-,27-,31-,32+/m0/s1. The molecular weight excluding hydrogens is 446 g/mol. The van der Waals surface area contributed by atoms with Crippen LogP contribution in [0.1, 0.15) is 43.4 Å². The average Bonchev–Trinajstić information content (AvgIpc) is 3.42. The highest BCUT2D eigenvalue weighted by atomic mass is 16.2. The van der Waals surface area contributed by atoms with Crippen molar-refractivity contribution in [3.63, 3.8) is 0 Å². The summed E-state index contributed by atoms with van der Waals surface area (Å²) in [4.78, 5) is 44.3. The van der Waals surface area contributed by atoms with Gasteiger partial charge in [-0.1, -0.05) is 105 Å². The molecule has 4 heteroatoms. The number of ketones is 1. The summed E-state index contributed by atoms with van der Waals surface area (Å²) in [5.41, 5.74) is 2.66. The Morgan fingerprint density at radius 1 is 0.611 bits per heavy atom. The molecule has 4 nitrogen and oxygen atoms in total. The van der Waals surface area contributed by atoms with Gasteiger partial charge in [-0.05, 0) is 40.7 Å². The topological polar surface area (TPSA) is 54.5 Å². The summed E-state index contributed by atoms with van der Waals surface area (Å²) >= 11 is 0. The fourth-order valence-electron chi connectivity index (χ4n) is 7.43. The van der Waals surface area contributed by atoms with E-state index in [0.29, 0.717) is 12.8 Å². The SMILES string of the molecule is CC[C@]12C(=O)[C@](CC)(C(c3ccccc3)=C1c1ccccc1)[C@@H]1C(=O)N(Cc3ccccc3)C(=O)[C@H]12. The summed E-state index contributed by atoms with van der Waals surface area (Å²) in [6.07, 6.45) is 0.959. The number of imide groups is 1. The zero-order valence-electron chi connectivity index (χ0n) is 20.6. The van der Waals surface area contributed by atoms with Gasteiger partial charge < -0.3 is 0 Å². The zero-order chi connectivity index (χ0) is 25.1. The maximum absolute atomic E-state index is 14.6. The number of benzene rings is 3. The maximum Gasteiger partial charge on any atom is 0.234 e. The van der Waals surface area contributed by atoms with Crippen LogP contribution in [-0.2, 0) is 20.9 Å². The molecule has 3 aromatic rings. The molecule has 2 aliphatic carbocycles. The van der Waals surface area contributed by atoms with Crippen LogP contribution in [0.2, 0.25) is 0 Å². The molecule has 2 bridgehead atoms. The van der Waals surface area contributed by atoms with Crippen LogP contribution in [0.15, 0.2) is 91.0 Å². The lowest BCUT2D eigenvalue weighted by molar-refractivity contribution is -0.146. The van der Waals surface area contributed by atoms with Gasteiger partial charge in [0.25, 0.3) is 0 Å². The Hall–Kier alpha value is -3.79. The van der Waals surface area contributed by atoms with Crippen molar-refractivity contribution in [1.82, 2.24) is 4.90 Å². The maximum atomic E-state index is 14.6. The first-order valence-electron chi connectivity index (χ1n) is 12.8. The van der Waals surface area contributed by atoms with Crippen molar-refractivity contribution in [1.29, 1.82) is 0 Å². The first-order valence-corrected chi connectivity index (χ1v) is 12.8. The summed E-state index contributed by atoms with van der Waals surface area (Å²) < 4.78 is 0. The fourth-order valence-corrected chi connectivity index (χ4v) is 7.43. The lowest BCUT2D eigenvalue weighted by Gasteiger charge is -2.38. The molecule has 3 aliphatic rings. The number of Topliss-reactive ketones (excluding diaryl/α,β-unsaturated/α-hetero) is 1. The predicted octanol–water partition coefficient (Wildman–Crippen LogP) is 5.79. The highest BCUT2D eigenvalue weighted by Crippen LogP contribution is 2.75. The van der Waals surface area contributed by atoms with Crippen molar-refractivity contribution in [2.75, 3.05) is 0 Å². The first kappa shape index (κ1) is 22.7. The number of allylic oxidation sites excluding steroid dienone is 2. The number of carbonyl (C=O) groups is 3. The number of carbonyl (C=O) groups excluding carboxylic acids is 3. The van der Waals surface area contributed by atoms with Crippen molar-refractivity contribution in [3.05, 3.63) is 108 Å². The Bertz CT molecular complexity index is 1310. The minimum Gasteiger partial charge on any atom is -0.298 e. The molecule has 1 heterocycles. The molecule has 6 rings (SSSR count). The van der Waals surface area contributed by atoms with Crippen LogP contribution in [0, 0.1) is 22.7 Å². The van der Waals surface area contributed by atoms with E-state index in [-0.39, 0.29) is 24.1 Å². The van der Waals surface area contributed by atoms with Gasteiger partial charge in [-0.25, -0.2) is 0 Å². The quantitative estimate of drug-likeness (QED) is 0.424. The van der Waals surface area contributed by atoms with E-state index < -0.39 is 22.7 Å². The lowest BCUT2D eigenvalue weighted by Crippen LogP contribution is -2.41. The van der Waals surface area contributed by atoms with Gasteiger partial charge in [0.2, 0.25) is 11.8 Å². The van der Waals surface area contributed by atoms with Crippen LogP contribution < -0.4 is 0 Å². The van der Waals surface area contributed by atoms with Gasteiger partial charge in [0, 0.05) is 0 Å². The van der Waals surface area contributed by atoms with Crippen LogP contribution in [0.5, 0.6) is 0 Å². The van der Waals surface area contributed by atoms with Gasteiger partial charge in [-0.15, -0.1) is 0 Å². The molecule has 2 amide bonds. The number of nitrogens with zero attached hydrogens (tertiary/aromatic N) is 1. The van der Waals surface area contributed by atoms with Crippen molar-refractivity contribution in [3.8, 4) is 0 Å². The van der Waals surface area contributed by atoms with Crippen LogP contribution in [-0.4, -0.2) is 22.5 Å². The highest BCUT2D eigenvalue weighted by Gasteiger charge is 2.80. The number of rotatable bonds is 6. The zero-order valence-corrected chi connectivity index (χ0v) is 20.6. The number of amides is 2. The third kappa shape index (κ3) is 2.67. The molecule has 2 fully saturated rings. The van der Waals surface area contributed by atoms with Crippen molar-refractivity contribution >= 4 is 28.7 Å². The van der Waals surface area contributed by atoms with Gasteiger partial charge in [-0.3, -0.25) is 19.3 Å². The Balaban J connectivity index is 1.62. The summed E-state index contributed by atoms with van der Waals surface area (Å²) in [7, 11) is 0. The molecule has 1 saturated heterocycles. The number of hydrogen-bond donors (Lipinski definition) is 0. The summed E-state index contributed by atoms with van der Waals surface area (Å²) in [5.74, 6) is -1.71. The van der Waals surface area contributed by atoms with Gasteiger partial charge in [0.15, 0.2) is 5.78 Å². The second-order valence-electron chi connectivity index (χ2n) is 10.2. The van der Waals surface area contributed by atoms with Crippen LogP contribution >= 0.6 is 0 Å². The number of fused-ring (bicyclic) bond motifs is 5. The molecule has 180 valence electrons. The summed E-state index contributed by atoms with van der Waals surface area (Å²) in [6, 6.07) is 29.6. The molecule has 0 radical (unpaired) electrons. The molecule has 1 aliphatic heterocycles. The van der Waals surface area contributed by atoms with E-state index in [1.165, 1.54) is 4.90 Å². The summed E-state index contributed by atoms with van der Waals surface area (Å²) in [6.45, 7) is 4.23. The Morgan fingerprint density at radius 3 is 1.39 bits per heavy atom. The Kier molecular flexibility index (Phi) is 5.11. The van der Waals surface area contributed by atoms with E-state index in [2.05, 4.69) is 0 Å². The molecule has 0 spiro atoms. The third-order valence-corrected chi connectivity index (χ3v) is 8.84. The number of hydrogen-bond acceptors (Lipinski definition) is 3. The summed E-state index contributed by atoms with van der Waals surface area (Å²) in [5, 5.41) is 0. The van der Waals surface area contributed by atoms with Crippen LogP contribution in [0.25, 0.3) is 11.1 Å². The van der Waals surface area contributed by atoms with Gasteiger partial charge in [-0.2, -0.15) is 0 Å². The van der Waals surface area contributed by atoms with E-state index in [1.54, 1.807) is 0 Å². The first-order chi connectivity index (χ1) is 17.5. The Labute approximate surface area is 211 Å². The van der Waals surface area contributed by atoms with E-state index in [1.807, 2.05) is 105 Å². The Morgan fingerprint density at radius 2 is 1.00 bits per heavy atom. The van der Waals surface area contributed by atoms with Crippen molar-refractivity contribution in [2.24, 2.45) is 22.7 Å². The van der Waals surface area contributed by atoms with E-state index >= 15 is 0 Å². The largest absolute Gasteiger partial charge is 0.298 e. The van der Waals surface area contributed by atoms with Crippen molar-refractivity contribution < 1.29 is 14.4 Å². The van der Waals surface area contributed by atoms with E-state index in [9.17, 15) is 14.4 Å². The van der Waals surface area contributed by atoms with Crippen molar-refractivity contribution in [2.45, 2.75) is 33.2 Å². The van der Waals surface area contributed by atoms with Gasteiger partial charge in [0.05, 0.1) is 29.2 Å². The van der Waals surface area contributed by atoms with Gasteiger partial charge in [0.1, 0.15) is 0 Å². The third-order valence-electron chi connectivity index (χ3n) is 8.84. The second kappa shape index (κ2) is 8.12. The molecular formula is C32H29NO3. The van der Waals surface area contributed by atoms with Crippen LogP contribution in [0.4, 0.5) is 0 Å². The molecule has 0 aromatic heterocycles. The predicted molar refractivity (Wildman–Crippen MR) is 139 cm³/mol. The smallest absolute Gasteiger partial charge is 0.234 e. The molecule has 4 atom stereocenters. The fraction of sp³-hybridized carbons (Fsp3) is 0.281. The number of likely N-dealkylation sites (tertiary alicyclic amines) is 1. The lowest BCUT2D eigenvalue weighted by atomic mass is 9.60. The van der Waals surface area contributed by atoms with E-state index in [0.717, 1.165) is 27.8 Å². The molecule has 0 N–H and O–H groups in total. The van der Waals surface area contributed by atoms with Crippen LogP contribution in [0.3, 0.4) is 0 Å². The minimum atomic E-state index is -1.02. The molecule has 3 aromatic carbocycles.